The molecule has 0 saturated carbocycles. The zero-order chi connectivity index (χ0) is 16.5. The zero-order valence-corrected chi connectivity index (χ0v) is 12.8. The molecular weight excluding hydrogens is 297 g/mol. The van der Waals surface area contributed by atoms with Gasteiger partial charge in [0.1, 0.15) is 5.60 Å². The van der Waals surface area contributed by atoms with Crippen molar-refractivity contribution in [1.82, 2.24) is 9.88 Å². The minimum absolute atomic E-state index is 0.0604. The van der Waals surface area contributed by atoms with Crippen LogP contribution in [0.3, 0.4) is 0 Å². The maximum absolute atomic E-state index is 12.5. The highest BCUT2D eigenvalue weighted by molar-refractivity contribution is 5.68. The van der Waals surface area contributed by atoms with Gasteiger partial charge in [-0.15, -0.1) is 0 Å². The molecule has 0 bridgehead atoms. The van der Waals surface area contributed by atoms with Gasteiger partial charge in [0.15, 0.2) is 0 Å². The van der Waals surface area contributed by atoms with Gasteiger partial charge in [-0.1, -0.05) is 0 Å². The summed E-state index contributed by atoms with van der Waals surface area (Å²) in [6.07, 6.45) is -3.28. The SMILES string of the molecule is CC(C)(C)OC(=O)N1CCC(c2ccc(C(F)(F)F)cn2)C1. The fraction of sp³-hybridized carbons (Fsp3) is 0.600. The Labute approximate surface area is 127 Å². The van der Waals surface area contributed by atoms with Gasteiger partial charge in [0.2, 0.25) is 0 Å². The molecular formula is C15H19F3N2O2. The van der Waals surface area contributed by atoms with Crippen molar-refractivity contribution in [1.29, 1.82) is 0 Å². The van der Waals surface area contributed by atoms with Crippen molar-refractivity contribution in [2.45, 2.75) is 44.9 Å². The van der Waals surface area contributed by atoms with Crippen LogP contribution in [0.4, 0.5) is 18.0 Å². The number of ether oxygens (including phenoxy) is 1. The number of amides is 1. The molecule has 122 valence electrons. The number of rotatable bonds is 1. The van der Waals surface area contributed by atoms with E-state index in [2.05, 4.69) is 4.98 Å². The molecule has 1 unspecified atom stereocenters. The number of alkyl halides is 3. The normalized spacial score (nSPS) is 19.4. The van der Waals surface area contributed by atoms with Crippen LogP contribution in [0, 0.1) is 0 Å². The smallest absolute Gasteiger partial charge is 0.417 e. The van der Waals surface area contributed by atoms with Crippen molar-refractivity contribution in [3.8, 4) is 0 Å². The fourth-order valence-electron chi connectivity index (χ4n) is 2.31. The molecule has 1 aliphatic heterocycles. The van der Waals surface area contributed by atoms with E-state index in [9.17, 15) is 18.0 Å². The molecule has 1 fully saturated rings. The first kappa shape index (κ1) is 16.6. The van der Waals surface area contributed by atoms with Gasteiger partial charge in [-0.05, 0) is 39.3 Å². The molecule has 22 heavy (non-hydrogen) atoms. The number of halogens is 3. The van der Waals surface area contributed by atoms with E-state index in [0.717, 1.165) is 12.3 Å². The van der Waals surface area contributed by atoms with E-state index in [1.807, 2.05) is 0 Å². The van der Waals surface area contributed by atoms with Crippen LogP contribution in [0.2, 0.25) is 0 Å². The number of nitrogens with zero attached hydrogens (tertiary/aromatic N) is 2. The van der Waals surface area contributed by atoms with E-state index in [-0.39, 0.29) is 5.92 Å². The molecule has 0 aromatic carbocycles. The number of likely N-dealkylation sites (tertiary alicyclic amines) is 1. The topological polar surface area (TPSA) is 42.4 Å². The highest BCUT2D eigenvalue weighted by Crippen LogP contribution is 2.31. The predicted molar refractivity (Wildman–Crippen MR) is 74.4 cm³/mol. The lowest BCUT2D eigenvalue weighted by atomic mass is 10.0. The molecule has 0 radical (unpaired) electrons. The maximum atomic E-state index is 12.5. The molecule has 4 nitrogen and oxygen atoms in total. The van der Waals surface area contributed by atoms with Gasteiger partial charge >= 0.3 is 12.3 Å². The third-order valence-corrected chi connectivity index (χ3v) is 3.37. The average Bonchev–Trinajstić information content (AvgIpc) is 2.85. The largest absolute Gasteiger partial charge is 0.444 e. The Bertz CT molecular complexity index is 535. The third-order valence-electron chi connectivity index (χ3n) is 3.37. The van der Waals surface area contributed by atoms with Crippen molar-refractivity contribution in [3.05, 3.63) is 29.6 Å². The van der Waals surface area contributed by atoms with Crippen LogP contribution < -0.4 is 0 Å². The monoisotopic (exact) mass is 316 g/mol. The minimum Gasteiger partial charge on any atom is -0.444 e. The molecule has 1 aromatic rings. The average molecular weight is 316 g/mol. The van der Waals surface area contributed by atoms with E-state index in [0.29, 0.717) is 25.2 Å². The Morgan fingerprint density at radius 2 is 2.00 bits per heavy atom. The zero-order valence-electron chi connectivity index (χ0n) is 12.8. The summed E-state index contributed by atoms with van der Waals surface area (Å²) >= 11 is 0. The maximum Gasteiger partial charge on any atom is 0.417 e. The third kappa shape index (κ3) is 4.11. The van der Waals surface area contributed by atoms with Gasteiger partial charge in [0, 0.05) is 30.9 Å². The fourth-order valence-corrected chi connectivity index (χ4v) is 2.31. The molecule has 1 atom stereocenters. The molecule has 2 heterocycles. The van der Waals surface area contributed by atoms with Gasteiger partial charge in [0.05, 0.1) is 5.56 Å². The molecule has 1 aliphatic rings. The summed E-state index contributed by atoms with van der Waals surface area (Å²) in [5.41, 5.74) is -0.765. The molecule has 1 amide bonds. The van der Waals surface area contributed by atoms with E-state index in [4.69, 9.17) is 4.74 Å². The Morgan fingerprint density at radius 3 is 2.50 bits per heavy atom. The second-order valence-electron chi connectivity index (χ2n) is 6.38. The second kappa shape index (κ2) is 5.78. The minimum atomic E-state index is -4.39. The number of pyridine rings is 1. The van der Waals surface area contributed by atoms with E-state index < -0.39 is 23.4 Å². The van der Waals surface area contributed by atoms with E-state index >= 15 is 0 Å². The first-order valence-electron chi connectivity index (χ1n) is 7.07. The van der Waals surface area contributed by atoms with Crippen LogP contribution in [0.25, 0.3) is 0 Å². The van der Waals surface area contributed by atoms with Crippen molar-refractivity contribution < 1.29 is 22.7 Å². The lowest BCUT2D eigenvalue weighted by Crippen LogP contribution is -2.35. The molecule has 1 aromatic heterocycles. The van der Waals surface area contributed by atoms with Crippen LogP contribution >= 0.6 is 0 Å². The van der Waals surface area contributed by atoms with E-state index in [1.54, 1.807) is 25.7 Å². The summed E-state index contributed by atoms with van der Waals surface area (Å²) in [4.78, 5) is 17.4. The summed E-state index contributed by atoms with van der Waals surface area (Å²) in [5.74, 6) is -0.0604. The first-order chi connectivity index (χ1) is 10.1. The van der Waals surface area contributed by atoms with Gasteiger partial charge in [-0.25, -0.2) is 4.79 Å². The summed E-state index contributed by atoms with van der Waals surface area (Å²) in [6, 6.07) is 2.41. The Morgan fingerprint density at radius 1 is 1.32 bits per heavy atom. The predicted octanol–water partition coefficient (Wildman–Crippen LogP) is 3.82. The Hall–Kier alpha value is -1.79. The highest BCUT2D eigenvalue weighted by atomic mass is 19.4. The number of hydrogen-bond donors (Lipinski definition) is 0. The lowest BCUT2D eigenvalue weighted by molar-refractivity contribution is -0.137. The van der Waals surface area contributed by atoms with Crippen LogP contribution in [0.15, 0.2) is 18.3 Å². The van der Waals surface area contributed by atoms with Gasteiger partial charge in [-0.3, -0.25) is 4.98 Å². The standard InChI is InChI=1S/C15H19F3N2O2/c1-14(2,3)22-13(21)20-7-6-10(9-20)12-5-4-11(8-19-12)15(16,17)18/h4-5,8,10H,6-7,9H2,1-3H3. The quantitative estimate of drug-likeness (QED) is 0.791. The molecule has 0 aliphatic carbocycles. The molecule has 2 rings (SSSR count). The molecule has 0 N–H and O–H groups in total. The second-order valence-corrected chi connectivity index (χ2v) is 6.38. The van der Waals surface area contributed by atoms with Crippen molar-refractivity contribution in [2.24, 2.45) is 0 Å². The highest BCUT2D eigenvalue weighted by Gasteiger charge is 2.33. The molecule has 0 spiro atoms. The van der Waals surface area contributed by atoms with Gasteiger partial charge in [-0.2, -0.15) is 13.2 Å². The van der Waals surface area contributed by atoms with Crippen molar-refractivity contribution >= 4 is 6.09 Å². The molecule has 7 heteroatoms. The van der Waals surface area contributed by atoms with Crippen LogP contribution in [0.5, 0.6) is 0 Å². The number of aromatic nitrogens is 1. The summed E-state index contributed by atoms with van der Waals surface area (Å²) in [6.45, 7) is 6.29. The Balaban J connectivity index is 2.00. The van der Waals surface area contributed by atoms with Crippen molar-refractivity contribution in [3.63, 3.8) is 0 Å². The van der Waals surface area contributed by atoms with Gasteiger partial charge in [0.25, 0.3) is 0 Å². The summed E-state index contributed by atoms with van der Waals surface area (Å²) < 4.78 is 42.8. The molecule has 1 saturated heterocycles. The van der Waals surface area contributed by atoms with E-state index in [1.165, 1.54) is 6.07 Å². The van der Waals surface area contributed by atoms with Crippen LogP contribution in [-0.2, 0) is 10.9 Å². The van der Waals surface area contributed by atoms with Crippen LogP contribution in [-0.4, -0.2) is 34.7 Å². The first-order valence-corrected chi connectivity index (χ1v) is 7.07. The summed E-state index contributed by atoms with van der Waals surface area (Å²) in [7, 11) is 0. The van der Waals surface area contributed by atoms with Crippen molar-refractivity contribution in [2.75, 3.05) is 13.1 Å². The lowest BCUT2D eigenvalue weighted by Gasteiger charge is -2.24. The van der Waals surface area contributed by atoms with Crippen LogP contribution in [0.1, 0.15) is 44.4 Å². The Kier molecular flexibility index (Phi) is 4.35. The number of carbonyl (C=O) groups excluding carboxylic acids is 1. The number of hydrogen-bond acceptors (Lipinski definition) is 3. The van der Waals surface area contributed by atoms with Gasteiger partial charge < -0.3 is 9.64 Å². The summed E-state index contributed by atoms with van der Waals surface area (Å²) in [5, 5.41) is 0. The number of carbonyl (C=O) groups is 1.